The van der Waals surface area contributed by atoms with Crippen molar-refractivity contribution in [1.29, 1.82) is 0 Å². The molecule has 0 saturated carbocycles. The van der Waals surface area contributed by atoms with Crippen LogP contribution in [0.1, 0.15) is 20.3 Å². The van der Waals surface area contributed by atoms with E-state index in [2.05, 4.69) is 45.4 Å². The Morgan fingerprint density at radius 3 is 2.80 bits per heavy atom. The molecule has 0 amide bonds. The molecule has 1 aromatic carbocycles. The minimum atomic E-state index is 0.325. The van der Waals surface area contributed by atoms with E-state index in [1.54, 1.807) is 18.0 Å². The van der Waals surface area contributed by atoms with Crippen molar-refractivity contribution < 1.29 is 9.47 Å². The molecule has 2 aliphatic heterocycles. The lowest BCUT2D eigenvalue weighted by Crippen LogP contribution is -2.48. The maximum absolute atomic E-state index is 6.09. The van der Waals surface area contributed by atoms with E-state index < -0.39 is 0 Å². The molecule has 0 bridgehead atoms. The first-order valence-electron chi connectivity index (χ1n) is 10.6. The Morgan fingerprint density at radius 1 is 1.20 bits per heavy atom. The SMILES string of the molecule is COc1ccc(-c2cc(N[C@@H]3C[C@H]4CO[C@H](C(C)C)CN4C3)c3nncn3n2)cc1. The van der Waals surface area contributed by atoms with Gasteiger partial charge in [0.1, 0.15) is 12.1 Å². The van der Waals surface area contributed by atoms with Crippen LogP contribution in [0.25, 0.3) is 16.9 Å². The standard InChI is InChI=1S/C22H28N6O2/c1-14(2)21-11-27-10-16(8-17(27)12-30-21)24-20-9-19(26-28-13-23-25-22(20)28)15-4-6-18(29-3)7-5-15/h4-7,9,13-14,16-17,21,24H,8,10-12H2,1-3H3/t16-,17+,21+/m1/s1. The van der Waals surface area contributed by atoms with Crippen molar-refractivity contribution in [3.8, 4) is 17.0 Å². The molecule has 0 unspecified atom stereocenters. The lowest BCUT2D eigenvalue weighted by Gasteiger charge is -2.36. The Kier molecular flexibility index (Phi) is 5.04. The highest BCUT2D eigenvalue weighted by Gasteiger charge is 2.38. The Balaban J connectivity index is 1.38. The zero-order valence-corrected chi connectivity index (χ0v) is 17.7. The van der Waals surface area contributed by atoms with Crippen LogP contribution in [-0.4, -0.2) is 69.7 Å². The smallest absolute Gasteiger partial charge is 0.200 e. The quantitative estimate of drug-likeness (QED) is 0.696. The molecule has 3 atom stereocenters. The van der Waals surface area contributed by atoms with E-state index in [4.69, 9.17) is 9.47 Å². The van der Waals surface area contributed by atoms with Crippen LogP contribution in [0.4, 0.5) is 5.69 Å². The number of morpholine rings is 1. The van der Waals surface area contributed by atoms with Gasteiger partial charge in [0, 0.05) is 30.7 Å². The first-order valence-corrected chi connectivity index (χ1v) is 10.6. The normalized spacial score (nSPS) is 24.3. The first kappa shape index (κ1) is 19.3. The van der Waals surface area contributed by atoms with Gasteiger partial charge in [0.25, 0.3) is 0 Å². The number of ether oxygens (including phenoxy) is 2. The molecule has 0 aliphatic carbocycles. The summed E-state index contributed by atoms with van der Waals surface area (Å²) in [4.78, 5) is 2.57. The molecular weight excluding hydrogens is 380 g/mol. The highest BCUT2D eigenvalue weighted by molar-refractivity contribution is 5.73. The highest BCUT2D eigenvalue weighted by atomic mass is 16.5. The molecule has 2 saturated heterocycles. The van der Waals surface area contributed by atoms with Crippen molar-refractivity contribution in [2.75, 3.05) is 32.1 Å². The summed E-state index contributed by atoms with van der Waals surface area (Å²) in [6.45, 7) is 7.30. The summed E-state index contributed by atoms with van der Waals surface area (Å²) in [6.07, 6.45) is 3.03. The second-order valence-corrected chi connectivity index (χ2v) is 8.57. The molecule has 2 aromatic heterocycles. The molecule has 2 fully saturated rings. The minimum Gasteiger partial charge on any atom is -0.497 e. The summed E-state index contributed by atoms with van der Waals surface area (Å²) in [5, 5.41) is 16.7. The van der Waals surface area contributed by atoms with Crippen molar-refractivity contribution in [2.24, 2.45) is 5.92 Å². The number of aromatic nitrogens is 4. The van der Waals surface area contributed by atoms with E-state index in [0.717, 1.165) is 54.5 Å². The summed E-state index contributed by atoms with van der Waals surface area (Å²) < 4.78 is 13.1. The predicted octanol–water partition coefficient (Wildman–Crippen LogP) is 2.71. The van der Waals surface area contributed by atoms with E-state index in [1.165, 1.54) is 0 Å². The largest absolute Gasteiger partial charge is 0.497 e. The Labute approximate surface area is 176 Å². The van der Waals surface area contributed by atoms with Crippen LogP contribution in [0, 0.1) is 5.92 Å². The monoisotopic (exact) mass is 408 g/mol. The molecule has 4 heterocycles. The molecule has 8 heteroatoms. The van der Waals surface area contributed by atoms with Crippen molar-refractivity contribution >= 4 is 11.3 Å². The van der Waals surface area contributed by atoms with Crippen LogP contribution in [0.2, 0.25) is 0 Å². The number of hydrogen-bond acceptors (Lipinski definition) is 7. The summed E-state index contributed by atoms with van der Waals surface area (Å²) in [5.74, 6) is 1.37. The van der Waals surface area contributed by atoms with E-state index in [-0.39, 0.29) is 0 Å². The van der Waals surface area contributed by atoms with E-state index >= 15 is 0 Å². The number of hydrogen-bond donors (Lipinski definition) is 1. The molecule has 0 spiro atoms. The molecule has 2 aliphatic rings. The molecule has 0 radical (unpaired) electrons. The molecular formula is C22H28N6O2. The van der Waals surface area contributed by atoms with Crippen molar-refractivity contribution in [3.05, 3.63) is 36.7 Å². The average Bonchev–Trinajstić information content (AvgIpc) is 3.39. The number of nitrogens with zero attached hydrogens (tertiary/aromatic N) is 5. The maximum Gasteiger partial charge on any atom is 0.200 e. The van der Waals surface area contributed by atoms with Crippen LogP contribution in [-0.2, 0) is 4.74 Å². The number of fused-ring (bicyclic) bond motifs is 2. The van der Waals surface area contributed by atoms with Crippen LogP contribution in [0.3, 0.4) is 0 Å². The lowest BCUT2D eigenvalue weighted by molar-refractivity contribution is -0.0683. The number of methoxy groups -OCH3 is 1. The Morgan fingerprint density at radius 2 is 2.03 bits per heavy atom. The second kappa shape index (κ2) is 7.85. The van der Waals surface area contributed by atoms with Gasteiger partial charge >= 0.3 is 0 Å². The van der Waals surface area contributed by atoms with Crippen molar-refractivity contribution in [3.63, 3.8) is 0 Å². The number of rotatable bonds is 5. The van der Waals surface area contributed by atoms with Gasteiger partial charge in [-0.2, -0.15) is 9.61 Å². The maximum atomic E-state index is 6.09. The first-order chi connectivity index (χ1) is 14.6. The third-order valence-electron chi connectivity index (χ3n) is 6.20. The van der Waals surface area contributed by atoms with Gasteiger partial charge in [-0.25, -0.2) is 0 Å². The summed E-state index contributed by atoms with van der Waals surface area (Å²) in [5.41, 5.74) is 3.59. The van der Waals surface area contributed by atoms with E-state index in [9.17, 15) is 0 Å². The van der Waals surface area contributed by atoms with Crippen LogP contribution in [0.15, 0.2) is 36.7 Å². The molecule has 5 rings (SSSR count). The van der Waals surface area contributed by atoms with Crippen LogP contribution < -0.4 is 10.1 Å². The summed E-state index contributed by atoms with van der Waals surface area (Å²) >= 11 is 0. The summed E-state index contributed by atoms with van der Waals surface area (Å²) in [6, 6.07) is 10.8. The van der Waals surface area contributed by atoms with Gasteiger partial charge in [-0.1, -0.05) is 13.8 Å². The average molecular weight is 409 g/mol. The van der Waals surface area contributed by atoms with Gasteiger partial charge in [0.2, 0.25) is 5.65 Å². The molecule has 3 aromatic rings. The van der Waals surface area contributed by atoms with Crippen LogP contribution >= 0.6 is 0 Å². The lowest BCUT2D eigenvalue weighted by atomic mass is 10.0. The fourth-order valence-corrected chi connectivity index (χ4v) is 4.46. The van der Waals surface area contributed by atoms with Gasteiger partial charge in [-0.15, -0.1) is 10.2 Å². The zero-order valence-electron chi connectivity index (χ0n) is 17.7. The Hall–Kier alpha value is -2.71. The van der Waals surface area contributed by atoms with Crippen molar-refractivity contribution in [1.82, 2.24) is 24.7 Å². The topological polar surface area (TPSA) is 76.8 Å². The second-order valence-electron chi connectivity index (χ2n) is 8.57. The summed E-state index contributed by atoms with van der Waals surface area (Å²) in [7, 11) is 1.67. The molecule has 30 heavy (non-hydrogen) atoms. The minimum absolute atomic E-state index is 0.325. The predicted molar refractivity (Wildman–Crippen MR) is 115 cm³/mol. The van der Waals surface area contributed by atoms with E-state index in [1.807, 2.05) is 24.3 Å². The van der Waals surface area contributed by atoms with Gasteiger partial charge in [-0.3, -0.25) is 4.90 Å². The van der Waals surface area contributed by atoms with E-state index in [0.29, 0.717) is 24.1 Å². The van der Waals surface area contributed by atoms with Gasteiger partial charge < -0.3 is 14.8 Å². The zero-order chi connectivity index (χ0) is 20.7. The molecule has 1 N–H and O–H groups in total. The number of nitrogens with one attached hydrogen (secondary N) is 1. The highest BCUT2D eigenvalue weighted by Crippen LogP contribution is 2.30. The van der Waals surface area contributed by atoms with Crippen LogP contribution in [0.5, 0.6) is 5.75 Å². The Bertz CT molecular complexity index is 1020. The molecule has 8 nitrogen and oxygen atoms in total. The fraction of sp³-hybridized carbons (Fsp3) is 0.500. The third kappa shape index (κ3) is 3.61. The number of anilines is 1. The molecule has 158 valence electrons. The fourth-order valence-electron chi connectivity index (χ4n) is 4.46. The van der Waals surface area contributed by atoms with Gasteiger partial charge in [-0.05, 0) is 42.7 Å². The third-order valence-corrected chi connectivity index (χ3v) is 6.20. The van der Waals surface area contributed by atoms with Gasteiger partial charge in [0.15, 0.2) is 0 Å². The van der Waals surface area contributed by atoms with Gasteiger partial charge in [0.05, 0.1) is 31.2 Å². The number of benzene rings is 1. The van der Waals surface area contributed by atoms with Crippen molar-refractivity contribution in [2.45, 2.75) is 38.5 Å².